The van der Waals surface area contributed by atoms with E-state index in [1.807, 2.05) is 18.2 Å². The lowest BCUT2D eigenvalue weighted by molar-refractivity contribution is -0.137. The second kappa shape index (κ2) is 13.8. The van der Waals surface area contributed by atoms with Gasteiger partial charge in [-0.3, -0.25) is 14.6 Å². The fourth-order valence-electron chi connectivity index (χ4n) is 4.08. The number of allylic oxidation sites excluding steroid dienone is 3. The number of rotatable bonds is 5. The predicted octanol–water partition coefficient (Wildman–Crippen LogP) is 4.29. The monoisotopic (exact) mass is 570 g/mol. The van der Waals surface area contributed by atoms with Crippen molar-refractivity contribution in [2.75, 3.05) is 19.7 Å². The number of amides is 1. The predicted molar refractivity (Wildman–Crippen MR) is 140 cm³/mol. The van der Waals surface area contributed by atoms with Crippen molar-refractivity contribution in [3.05, 3.63) is 46.5 Å². The van der Waals surface area contributed by atoms with Gasteiger partial charge < -0.3 is 24.1 Å². The molecule has 0 radical (unpaired) electrons. The Balaban J connectivity index is 1.98. The third-order valence-corrected chi connectivity index (χ3v) is 6.77. The van der Waals surface area contributed by atoms with Gasteiger partial charge in [0.2, 0.25) is 0 Å². The van der Waals surface area contributed by atoms with Crippen molar-refractivity contribution in [2.45, 2.75) is 58.0 Å². The highest BCUT2D eigenvalue weighted by Crippen LogP contribution is 2.45. The molecular formula is C25H32ClN2O9P. The van der Waals surface area contributed by atoms with Crippen LogP contribution in [-0.2, 0) is 25.4 Å². The molecule has 1 aromatic carbocycles. The molecule has 208 valence electrons. The average molecular weight is 571 g/mol. The van der Waals surface area contributed by atoms with Gasteiger partial charge in [0.15, 0.2) is 12.4 Å². The van der Waals surface area contributed by atoms with E-state index < -0.39 is 31.4 Å². The fourth-order valence-corrected chi connectivity index (χ4v) is 4.78. The largest absolute Gasteiger partial charge is 0.524 e. The first-order valence-electron chi connectivity index (χ1n) is 12.3. The van der Waals surface area contributed by atoms with Crippen molar-refractivity contribution in [3.63, 3.8) is 0 Å². The molecule has 1 amide bonds. The Labute approximate surface area is 225 Å². The molecule has 2 heterocycles. The maximum atomic E-state index is 13.0. The van der Waals surface area contributed by atoms with Crippen LogP contribution in [0.15, 0.2) is 35.5 Å². The molecule has 0 spiro atoms. The van der Waals surface area contributed by atoms with Gasteiger partial charge in [-0.15, -0.1) is 0 Å². The number of cyclic esters (lactones) is 1. The summed E-state index contributed by atoms with van der Waals surface area (Å²) in [7, 11) is -5.04. The Morgan fingerprint density at radius 2 is 1.92 bits per heavy atom. The average Bonchev–Trinajstić information content (AvgIpc) is 2.85. The number of phenols is 1. The number of piperidine rings is 1. The molecule has 0 aromatic heterocycles. The van der Waals surface area contributed by atoms with E-state index in [4.69, 9.17) is 21.2 Å². The van der Waals surface area contributed by atoms with E-state index in [2.05, 4.69) is 9.68 Å². The zero-order valence-electron chi connectivity index (χ0n) is 21.0. The molecule has 0 bridgehead atoms. The van der Waals surface area contributed by atoms with Crippen molar-refractivity contribution >= 4 is 37.0 Å². The van der Waals surface area contributed by atoms with Crippen molar-refractivity contribution in [2.24, 2.45) is 5.16 Å². The van der Waals surface area contributed by atoms with Crippen molar-refractivity contribution < 1.29 is 43.1 Å². The minimum Gasteiger partial charge on any atom is -0.507 e. The number of halogens is 1. The number of nitrogens with zero attached hydrogens (tertiary/aromatic N) is 2. The summed E-state index contributed by atoms with van der Waals surface area (Å²) >= 11 is 6.43. The van der Waals surface area contributed by atoms with E-state index >= 15 is 0 Å². The molecule has 38 heavy (non-hydrogen) atoms. The first kappa shape index (κ1) is 29.7. The summed E-state index contributed by atoms with van der Waals surface area (Å²) in [6.07, 6.45) is 11.3. The number of hydrogen-bond acceptors (Lipinski definition) is 8. The van der Waals surface area contributed by atoms with Gasteiger partial charge in [0.05, 0.1) is 10.7 Å². The number of esters is 1. The second-order valence-electron chi connectivity index (χ2n) is 9.02. The van der Waals surface area contributed by atoms with Gasteiger partial charge in [0.25, 0.3) is 5.91 Å². The van der Waals surface area contributed by atoms with Crippen LogP contribution in [0.1, 0.15) is 61.4 Å². The van der Waals surface area contributed by atoms with Crippen molar-refractivity contribution in [3.8, 4) is 11.5 Å². The Morgan fingerprint density at radius 3 is 2.63 bits per heavy atom. The third-order valence-electron chi connectivity index (χ3n) is 5.92. The number of benzene rings is 1. The maximum absolute atomic E-state index is 13.0. The van der Waals surface area contributed by atoms with Crippen LogP contribution in [-0.4, -0.2) is 63.2 Å². The van der Waals surface area contributed by atoms with Gasteiger partial charge in [-0.2, -0.15) is 0 Å². The summed E-state index contributed by atoms with van der Waals surface area (Å²) in [5.74, 6) is -2.25. The normalized spacial score (nSPS) is 20.4. The second-order valence-corrected chi connectivity index (χ2v) is 10.6. The number of phosphoric acid groups is 1. The topological polar surface area (TPSA) is 155 Å². The van der Waals surface area contributed by atoms with E-state index in [1.54, 1.807) is 17.9 Å². The summed E-state index contributed by atoms with van der Waals surface area (Å²) in [5, 5.41) is 14.4. The lowest BCUT2D eigenvalue weighted by Crippen LogP contribution is -2.37. The number of phenolic OH excluding ortho intramolecular Hbond substituents is 1. The quantitative estimate of drug-likeness (QED) is 0.203. The lowest BCUT2D eigenvalue weighted by Gasteiger charge is -2.26. The molecule has 0 aliphatic carbocycles. The molecule has 1 aromatic rings. The summed E-state index contributed by atoms with van der Waals surface area (Å²) in [5.41, 5.74) is -0.0880. The van der Waals surface area contributed by atoms with Crippen LogP contribution in [0.5, 0.6) is 11.5 Å². The van der Waals surface area contributed by atoms with E-state index in [9.17, 15) is 29.0 Å². The number of hydrogen-bond donors (Lipinski definition) is 3. The first-order chi connectivity index (χ1) is 18.0. The van der Waals surface area contributed by atoms with E-state index in [0.29, 0.717) is 25.9 Å². The number of phosphoric ester groups is 1. The molecule has 3 rings (SSSR count). The number of fused-ring (bicyclic) bond motifs is 1. The van der Waals surface area contributed by atoms with Gasteiger partial charge in [-0.25, -0.2) is 9.36 Å². The van der Waals surface area contributed by atoms with Gasteiger partial charge >= 0.3 is 13.8 Å². The number of carbonyl (C=O) groups excluding carboxylic acids is 2. The highest BCUT2D eigenvalue weighted by molar-refractivity contribution is 7.46. The van der Waals surface area contributed by atoms with Crippen LogP contribution >= 0.6 is 19.4 Å². The molecule has 0 saturated carbocycles. The lowest BCUT2D eigenvalue weighted by atomic mass is 9.99. The van der Waals surface area contributed by atoms with Crippen LogP contribution in [0.25, 0.3) is 0 Å². The van der Waals surface area contributed by atoms with Gasteiger partial charge in [-0.1, -0.05) is 35.0 Å². The molecule has 2 aliphatic heterocycles. The van der Waals surface area contributed by atoms with Gasteiger partial charge in [0.1, 0.15) is 17.4 Å². The molecule has 0 unspecified atom stereocenters. The van der Waals surface area contributed by atoms with Crippen LogP contribution in [0.4, 0.5) is 0 Å². The summed E-state index contributed by atoms with van der Waals surface area (Å²) < 4.78 is 21.6. The number of oxime groups is 1. The Bertz CT molecular complexity index is 1160. The van der Waals surface area contributed by atoms with Crippen LogP contribution < -0.4 is 4.52 Å². The molecular weight excluding hydrogens is 539 g/mol. The number of likely N-dealkylation sites (tertiary alicyclic amines) is 1. The number of ether oxygens (including phenoxy) is 1. The van der Waals surface area contributed by atoms with E-state index in [1.165, 1.54) is 0 Å². The smallest absolute Gasteiger partial charge is 0.507 e. The molecule has 1 fully saturated rings. The molecule has 13 heteroatoms. The van der Waals surface area contributed by atoms with E-state index in [0.717, 1.165) is 31.7 Å². The Morgan fingerprint density at radius 1 is 1.21 bits per heavy atom. The summed E-state index contributed by atoms with van der Waals surface area (Å²) in [6, 6.07) is 0.843. The SMILES string of the molecule is C[C@@H]1CC=CCCC=CC(=NOCC(=O)N2CCCCC2)Cc2c(Cl)c(OP(=O)(O)O)cc(O)c2C(=O)O1. The Kier molecular flexibility index (Phi) is 10.8. The molecule has 3 N–H and O–H groups in total. The van der Waals surface area contributed by atoms with E-state index in [-0.39, 0.29) is 40.8 Å². The standard InChI is InChI=1S/C25H32ClN2O9P/c1-17-10-6-3-2-4-7-11-18(27-35-16-22(30)28-12-8-5-9-13-28)14-19-23(25(31)36-17)20(29)15-21(24(19)26)37-38(32,33)34/h3,6-7,11,15,17,29H,2,4-5,8-10,12-14,16H2,1H3,(H2,32,33,34)/t17-/m1/s1. The highest BCUT2D eigenvalue weighted by atomic mass is 35.5. The number of carbonyl (C=O) groups is 2. The molecule has 11 nitrogen and oxygen atoms in total. The van der Waals surface area contributed by atoms with Crippen LogP contribution in [0.2, 0.25) is 5.02 Å². The number of aromatic hydroxyl groups is 1. The van der Waals surface area contributed by atoms with Gasteiger partial charge in [-0.05, 0) is 50.7 Å². The third kappa shape index (κ3) is 8.87. The van der Waals surface area contributed by atoms with Crippen molar-refractivity contribution in [1.82, 2.24) is 4.90 Å². The zero-order chi connectivity index (χ0) is 27.7. The summed E-state index contributed by atoms with van der Waals surface area (Å²) in [4.78, 5) is 51.1. The highest BCUT2D eigenvalue weighted by Gasteiger charge is 2.29. The van der Waals surface area contributed by atoms with Crippen LogP contribution in [0.3, 0.4) is 0 Å². The summed E-state index contributed by atoms with van der Waals surface area (Å²) in [6.45, 7) is 2.74. The zero-order valence-corrected chi connectivity index (χ0v) is 22.7. The molecule has 1 atom stereocenters. The van der Waals surface area contributed by atoms with Crippen molar-refractivity contribution in [1.29, 1.82) is 0 Å². The minimum absolute atomic E-state index is 0.0331. The molecule has 1 saturated heterocycles. The van der Waals surface area contributed by atoms with Crippen LogP contribution in [0, 0.1) is 0 Å². The fraction of sp³-hybridized carbons (Fsp3) is 0.480. The first-order valence-corrected chi connectivity index (χ1v) is 14.2. The molecule has 2 aliphatic rings. The Hall–Kier alpha value is -2.85. The van der Waals surface area contributed by atoms with Gasteiger partial charge in [0, 0.05) is 32.0 Å². The minimum atomic E-state index is -5.04. The maximum Gasteiger partial charge on any atom is 0.524 e.